The van der Waals surface area contributed by atoms with Crippen LogP contribution in [0.4, 0.5) is 0 Å². The molecule has 4 bridgehead atoms. The van der Waals surface area contributed by atoms with Gasteiger partial charge in [-0.15, -0.1) is 47.5 Å². The number of rotatable bonds is 26. The van der Waals surface area contributed by atoms with Crippen molar-refractivity contribution in [2.75, 3.05) is 131 Å². The smallest absolute Gasteiger partial charge is 0.251 e. The lowest BCUT2D eigenvalue weighted by atomic mass is 10.1. The molecule has 2 unspecified atom stereocenters. The van der Waals surface area contributed by atoms with Crippen molar-refractivity contribution in [3.05, 3.63) is 107 Å². The van der Waals surface area contributed by atoms with Crippen molar-refractivity contribution in [1.82, 2.24) is 19.4 Å². The second-order valence-corrected chi connectivity index (χ2v) is 32.4. The van der Waals surface area contributed by atoms with Gasteiger partial charge in [0.15, 0.2) is 0 Å². The number of nitrogens with one attached hydrogen (secondary N) is 2. The molecule has 2 aromatic carbocycles. The number of nitrogens with two attached hydrogens (primary N) is 2. The molecule has 6 fully saturated rings. The van der Waals surface area contributed by atoms with Gasteiger partial charge in [-0.25, -0.2) is 26.8 Å². The average Bonchev–Trinajstić information content (AvgIpc) is 1.38. The van der Waals surface area contributed by atoms with Crippen LogP contribution in [0.3, 0.4) is 0 Å². The minimum Gasteiger partial charge on any atom is -0.809 e. The number of sulfonamides is 2. The molecule has 24 nitrogen and oxygen atoms in total. The topological polar surface area (TPSA) is 363 Å². The molecule has 0 spiro atoms. The summed E-state index contributed by atoms with van der Waals surface area (Å²) in [6, 6.07) is 19.2. The van der Waals surface area contributed by atoms with Crippen LogP contribution in [0.5, 0.6) is 11.5 Å². The molecule has 88 heavy (non-hydrogen) atoms. The molecule has 12 rings (SSSR count). The Labute approximate surface area is 534 Å². The number of hydrogen-bond acceptors (Lipinski definition) is 20. The highest BCUT2D eigenvalue weighted by atomic mass is 35.5. The first-order chi connectivity index (χ1) is 40.8. The third-order valence-corrected chi connectivity index (χ3v) is 27.0. The summed E-state index contributed by atoms with van der Waals surface area (Å²) in [4.78, 5) is 55.7. The monoisotopic (exact) mass is 1370 g/mol. The number of benzene rings is 2. The fourth-order valence-corrected chi connectivity index (χ4v) is 21.2. The quantitative estimate of drug-likeness (QED) is 0.0344. The Kier molecular flexibility index (Phi) is 23.5. The first-order valence-corrected chi connectivity index (χ1v) is 36.5. The van der Waals surface area contributed by atoms with Gasteiger partial charge in [-0.1, -0.05) is 12.1 Å². The number of nitriles is 2. The van der Waals surface area contributed by atoms with Gasteiger partial charge in [0.25, 0.3) is 20.0 Å². The Morgan fingerprint density at radius 3 is 1.15 bits per heavy atom. The maximum Gasteiger partial charge on any atom is 0.251 e. The minimum absolute atomic E-state index is 0. The standard InChI is InChI=1S/2C28H37N6O6PS2.2ClH/c2*1-21-25-18-24(40-17-3-10-34-14-11-33(12-15-34,13-16-34)9-2-8-29)6-7-26(25)42-28(21)43(38,39)32-27(41(35,36)37)22-4-5-23(19-30)31-20-22;;/h2*4-7,18,20,27,32H,2-3,8-17,29H2,1H3;2*1H. The van der Waals surface area contributed by atoms with Crippen molar-refractivity contribution in [3.63, 3.8) is 0 Å². The van der Waals surface area contributed by atoms with E-state index < -0.39 is 46.8 Å². The number of quaternary nitrogens is 4. The lowest BCUT2D eigenvalue weighted by Crippen LogP contribution is -2.75. The second kappa shape index (κ2) is 29.1. The van der Waals surface area contributed by atoms with E-state index in [9.17, 15) is 45.5 Å². The number of aryl methyl sites for hydroxylation is 2. The number of aromatic nitrogens is 2. The molecule has 6 N–H and O–H groups in total. The number of hydrogen-bond donors (Lipinski definition) is 4. The number of pyridine rings is 2. The molecule has 4 aromatic heterocycles. The van der Waals surface area contributed by atoms with E-state index in [0.29, 0.717) is 56.0 Å². The molecule has 2 atom stereocenters. The zero-order valence-electron chi connectivity index (χ0n) is 49.0. The van der Waals surface area contributed by atoms with Gasteiger partial charge in [0.2, 0.25) is 0 Å². The van der Waals surface area contributed by atoms with Crippen LogP contribution in [-0.4, -0.2) is 176 Å². The first-order valence-electron chi connectivity index (χ1n) is 28.7. The van der Waals surface area contributed by atoms with Gasteiger partial charge < -0.3 is 67.6 Å². The zero-order chi connectivity index (χ0) is 61.8. The molecular weight excluding hydrogens is 1290 g/mol. The third kappa shape index (κ3) is 16.5. The second-order valence-electron chi connectivity index (χ2n) is 23.3. The summed E-state index contributed by atoms with van der Waals surface area (Å²) in [5.41, 5.74) is 12.0. The SMILES string of the molecule is Cc1c(S(=O)(=O)NC(c2ccc(C#N)nc2)P(=O)([O-])[O-])sc2ccc(OCCC[N+]34CC[N+](CCCN)(CC3)CC4)cc12.Cc1c(S(=O)(=O)NC(c2ccc(C#N)nc2)P(=O)([O-])[O-])sc2ccc(OCCC[N+]34CC[N+](CCCN)(CC3)CC4)cc12.Cl.Cl. The van der Waals surface area contributed by atoms with Crippen molar-refractivity contribution in [2.45, 2.75) is 59.5 Å². The summed E-state index contributed by atoms with van der Waals surface area (Å²) >= 11 is 1.96. The molecule has 0 radical (unpaired) electrons. The Hall–Kier alpha value is -4.30. The average molecular weight is 1370 g/mol. The Morgan fingerprint density at radius 2 is 0.875 bits per heavy atom. The van der Waals surface area contributed by atoms with Crippen LogP contribution >= 0.6 is 62.7 Å². The highest BCUT2D eigenvalue weighted by Gasteiger charge is 2.49. The van der Waals surface area contributed by atoms with E-state index in [-0.39, 0.29) is 55.7 Å². The van der Waals surface area contributed by atoms with Gasteiger partial charge in [-0.3, -0.25) is 0 Å². The maximum atomic E-state index is 13.3. The Bertz CT molecular complexity index is 3550. The number of halogens is 2. The van der Waals surface area contributed by atoms with Crippen LogP contribution in [0.15, 0.2) is 81.5 Å². The maximum absolute atomic E-state index is 13.3. The number of ether oxygens (including phenoxy) is 2. The Balaban J connectivity index is 0.000000245. The van der Waals surface area contributed by atoms with Crippen molar-refractivity contribution >= 4 is 103 Å². The van der Waals surface area contributed by atoms with E-state index >= 15 is 0 Å². The van der Waals surface area contributed by atoms with E-state index in [2.05, 4.69) is 9.97 Å². The van der Waals surface area contributed by atoms with Crippen LogP contribution < -0.4 is 50.0 Å². The third-order valence-electron chi connectivity index (χ3n) is 17.9. The van der Waals surface area contributed by atoms with Gasteiger partial charge in [-0.2, -0.15) is 20.0 Å². The predicted molar refractivity (Wildman–Crippen MR) is 333 cm³/mol. The van der Waals surface area contributed by atoms with Crippen molar-refractivity contribution < 1.29 is 72.9 Å². The predicted octanol–water partition coefficient (Wildman–Crippen LogP) is 3.14. The van der Waals surface area contributed by atoms with E-state index in [1.807, 2.05) is 9.44 Å². The number of fused-ring (bicyclic) bond motifs is 8. The van der Waals surface area contributed by atoms with Gasteiger partial charge in [0.05, 0.1) is 51.0 Å². The lowest BCUT2D eigenvalue weighted by molar-refractivity contribution is -1.08. The van der Waals surface area contributed by atoms with Crippen molar-refractivity contribution in [2.24, 2.45) is 11.5 Å². The Morgan fingerprint density at radius 1 is 0.557 bits per heavy atom. The highest BCUT2D eigenvalue weighted by molar-refractivity contribution is 7.92. The molecule has 32 heteroatoms. The number of piperazine rings is 6. The van der Waals surface area contributed by atoms with Crippen molar-refractivity contribution in [1.29, 1.82) is 10.5 Å². The summed E-state index contributed by atoms with van der Waals surface area (Å²) in [7, 11) is -19.8. The molecule has 6 aromatic rings. The van der Waals surface area contributed by atoms with E-state index in [1.165, 1.54) is 125 Å². The molecule has 0 aliphatic carbocycles. The van der Waals surface area contributed by atoms with E-state index in [1.54, 1.807) is 62.4 Å². The summed E-state index contributed by atoms with van der Waals surface area (Å²) in [5.74, 6) is -2.89. The zero-order valence-corrected chi connectivity index (χ0v) is 55.7. The van der Waals surface area contributed by atoms with Crippen LogP contribution in [0.2, 0.25) is 0 Å². The minimum atomic E-state index is -5.47. The summed E-state index contributed by atoms with van der Waals surface area (Å²) in [5, 5.41) is 19.2. The molecule has 0 saturated carbocycles. The molecule has 0 amide bonds. The van der Waals surface area contributed by atoms with Crippen molar-refractivity contribution in [3.8, 4) is 23.6 Å². The van der Waals surface area contributed by atoms with E-state index in [0.717, 1.165) is 95.9 Å². The lowest BCUT2D eigenvalue weighted by Gasteiger charge is -2.55. The first kappa shape index (κ1) is 71.1. The number of thiophene rings is 2. The molecule has 6 aliphatic rings. The molecule has 6 aliphatic heterocycles. The molecule has 480 valence electrons. The van der Waals surface area contributed by atoms with Gasteiger partial charge in [-0.05, 0) is 113 Å². The van der Waals surface area contributed by atoms with Gasteiger partial charge >= 0.3 is 0 Å². The largest absolute Gasteiger partial charge is 0.809 e. The van der Waals surface area contributed by atoms with Crippen LogP contribution in [0, 0.1) is 36.5 Å². The normalized spacial score (nSPS) is 22.3. The molecule has 6 saturated heterocycles. The van der Waals surface area contributed by atoms with E-state index in [4.69, 9.17) is 31.5 Å². The van der Waals surface area contributed by atoms with Crippen LogP contribution in [0.1, 0.15) is 70.9 Å². The van der Waals surface area contributed by atoms with Crippen LogP contribution in [-0.2, 0) is 29.2 Å². The summed E-state index contributed by atoms with van der Waals surface area (Å²) in [6.07, 6.45) is 6.03. The van der Waals surface area contributed by atoms with Gasteiger partial charge in [0.1, 0.15) is 122 Å². The molecular formula is C56H76Cl2N12O12P2S4. The molecule has 10 heterocycles. The number of nitrogens with zero attached hydrogens (tertiary/aromatic N) is 8. The summed E-state index contributed by atoms with van der Waals surface area (Å²) in [6.45, 7) is 25.0. The fraction of sp³-hybridized carbons (Fsp3) is 0.500. The highest BCUT2D eigenvalue weighted by Crippen LogP contribution is 2.46. The fourth-order valence-electron chi connectivity index (χ4n) is 12.6. The van der Waals surface area contributed by atoms with Crippen LogP contribution in [0.25, 0.3) is 20.2 Å². The van der Waals surface area contributed by atoms with Gasteiger partial charge in [0, 0.05) is 58.2 Å². The summed E-state index contributed by atoms with van der Waals surface area (Å²) < 4.78 is 99.7.